The summed E-state index contributed by atoms with van der Waals surface area (Å²) >= 11 is 0. The van der Waals surface area contributed by atoms with Crippen molar-refractivity contribution in [1.29, 1.82) is 0 Å². The molecule has 2 rings (SSSR count). The summed E-state index contributed by atoms with van der Waals surface area (Å²) in [5.41, 5.74) is 3.17. The maximum absolute atomic E-state index is 4.11. The van der Waals surface area contributed by atoms with Crippen LogP contribution in [0.1, 0.15) is 17.0 Å². The fourth-order valence-corrected chi connectivity index (χ4v) is 1.28. The van der Waals surface area contributed by atoms with Crippen molar-refractivity contribution in [1.82, 2.24) is 20.2 Å². The predicted octanol–water partition coefficient (Wildman–Crippen LogP) is 1.43. The summed E-state index contributed by atoms with van der Waals surface area (Å²) in [5, 5.41) is 10.1. The molecule has 0 bridgehead atoms. The highest BCUT2D eigenvalue weighted by Crippen LogP contribution is 2.07. The number of nitrogens with one attached hydrogen (secondary N) is 2. The third-order valence-corrected chi connectivity index (χ3v) is 2.18. The summed E-state index contributed by atoms with van der Waals surface area (Å²) in [5.74, 6) is 0.830. The van der Waals surface area contributed by atoms with Crippen LogP contribution in [0, 0.1) is 13.8 Å². The first-order chi connectivity index (χ1) is 7.25. The lowest BCUT2D eigenvalue weighted by Gasteiger charge is -2.04. The van der Waals surface area contributed by atoms with Gasteiger partial charge in [0.05, 0.1) is 18.4 Å². The lowest BCUT2D eigenvalue weighted by molar-refractivity contribution is 0.962. The minimum Gasteiger partial charge on any atom is -0.364 e. The van der Waals surface area contributed by atoms with E-state index in [0.29, 0.717) is 6.54 Å². The highest BCUT2D eigenvalue weighted by atomic mass is 15.1. The van der Waals surface area contributed by atoms with E-state index < -0.39 is 0 Å². The molecule has 2 N–H and O–H groups in total. The van der Waals surface area contributed by atoms with E-state index in [1.165, 1.54) is 0 Å². The molecule has 0 aliphatic carbocycles. The van der Waals surface area contributed by atoms with Crippen LogP contribution < -0.4 is 5.32 Å². The van der Waals surface area contributed by atoms with Crippen molar-refractivity contribution in [2.45, 2.75) is 20.4 Å². The van der Waals surface area contributed by atoms with Crippen molar-refractivity contribution >= 4 is 5.82 Å². The Bertz CT molecular complexity index is 449. The summed E-state index contributed by atoms with van der Waals surface area (Å²) in [6.07, 6.45) is 3.36. The lowest BCUT2D eigenvalue weighted by atomic mass is 10.3. The van der Waals surface area contributed by atoms with Gasteiger partial charge in [-0.25, -0.2) is 9.97 Å². The van der Waals surface area contributed by atoms with Gasteiger partial charge in [0.15, 0.2) is 0 Å². The fourth-order valence-electron chi connectivity index (χ4n) is 1.28. The molecule has 78 valence electrons. The molecule has 0 unspecified atom stereocenters. The van der Waals surface area contributed by atoms with Crippen LogP contribution in [-0.4, -0.2) is 20.2 Å². The van der Waals surface area contributed by atoms with Crippen molar-refractivity contribution in [3.8, 4) is 0 Å². The van der Waals surface area contributed by atoms with E-state index >= 15 is 0 Å². The monoisotopic (exact) mass is 203 g/mol. The highest BCUT2D eigenvalue weighted by Gasteiger charge is 2.00. The number of hydrogen-bond donors (Lipinski definition) is 2. The van der Waals surface area contributed by atoms with Crippen LogP contribution in [0.3, 0.4) is 0 Å². The van der Waals surface area contributed by atoms with E-state index in [4.69, 9.17) is 0 Å². The van der Waals surface area contributed by atoms with Crippen LogP contribution >= 0.6 is 0 Å². The van der Waals surface area contributed by atoms with E-state index in [0.717, 1.165) is 22.8 Å². The minimum absolute atomic E-state index is 0.697. The number of aromatic nitrogens is 4. The van der Waals surface area contributed by atoms with Crippen molar-refractivity contribution in [2.24, 2.45) is 0 Å². The number of hydrogen-bond acceptors (Lipinski definition) is 4. The molecular weight excluding hydrogens is 190 g/mol. The third-order valence-electron chi connectivity index (χ3n) is 2.18. The number of anilines is 1. The van der Waals surface area contributed by atoms with Crippen LogP contribution in [0.4, 0.5) is 5.82 Å². The second-order valence-corrected chi connectivity index (χ2v) is 3.43. The number of aromatic amines is 1. The van der Waals surface area contributed by atoms with Gasteiger partial charge in [-0.15, -0.1) is 0 Å². The molecule has 2 heterocycles. The van der Waals surface area contributed by atoms with Crippen LogP contribution in [0.15, 0.2) is 18.6 Å². The largest absolute Gasteiger partial charge is 0.364 e. The first-order valence-electron chi connectivity index (χ1n) is 4.77. The highest BCUT2D eigenvalue weighted by molar-refractivity contribution is 5.35. The molecule has 2 aromatic heterocycles. The summed E-state index contributed by atoms with van der Waals surface area (Å²) in [6, 6.07) is 1.91. The molecule has 0 aliphatic heterocycles. The molecule has 0 aromatic carbocycles. The van der Waals surface area contributed by atoms with Gasteiger partial charge in [0.25, 0.3) is 0 Å². The number of rotatable bonds is 3. The Morgan fingerprint density at radius 3 is 2.87 bits per heavy atom. The fraction of sp³-hybridized carbons (Fsp3) is 0.300. The lowest BCUT2D eigenvalue weighted by Crippen LogP contribution is -2.03. The molecule has 15 heavy (non-hydrogen) atoms. The zero-order valence-electron chi connectivity index (χ0n) is 8.78. The van der Waals surface area contributed by atoms with E-state index in [9.17, 15) is 0 Å². The maximum Gasteiger partial charge on any atom is 0.129 e. The van der Waals surface area contributed by atoms with E-state index in [-0.39, 0.29) is 0 Å². The molecule has 0 saturated carbocycles. The van der Waals surface area contributed by atoms with E-state index in [1.807, 2.05) is 26.1 Å². The van der Waals surface area contributed by atoms with Gasteiger partial charge >= 0.3 is 0 Å². The Balaban J connectivity index is 2.02. The molecule has 2 aromatic rings. The quantitative estimate of drug-likeness (QED) is 0.791. The van der Waals surface area contributed by atoms with Gasteiger partial charge in [-0.05, 0) is 19.4 Å². The summed E-state index contributed by atoms with van der Waals surface area (Å²) in [6.45, 7) is 4.66. The first-order valence-corrected chi connectivity index (χ1v) is 4.77. The van der Waals surface area contributed by atoms with Gasteiger partial charge in [0.2, 0.25) is 0 Å². The number of nitrogens with zero attached hydrogens (tertiary/aromatic N) is 3. The topological polar surface area (TPSA) is 66.5 Å². The molecule has 5 heteroatoms. The molecular formula is C10H13N5. The Hall–Kier alpha value is -1.91. The van der Waals surface area contributed by atoms with E-state index in [2.05, 4.69) is 25.5 Å². The zero-order chi connectivity index (χ0) is 10.7. The van der Waals surface area contributed by atoms with Crippen LogP contribution in [-0.2, 0) is 6.54 Å². The maximum atomic E-state index is 4.11. The molecule has 0 aliphatic rings. The van der Waals surface area contributed by atoms with Crippen LogP contribution in [0.5, 0.6) is 0 Å². The normalized spacial score (nSPS) is 10.3. The first kappa shape index (κ1) is 9.64. The standard InChI is InChI=1S/C10H13N5/c1-7-4-14-15-9(7)5-11-10-3-8(2)12-6-13-10/h3-4,6H,5H2,1-2H3,(H,14,15)(H,11,12,13). The van der Waals surface area contributed by atoms with Crippen molar-refractivity contribution < 1.29 is 0 Å². The van der Waals surface area contributed by atoms with Gasteiger partial charge < -0.3 is 5.32 Å². The molecule has 0 radical (unpaired) electrons. The smallest absolute Gasteiger partial charge is 0.129 e. The van der Waals surface area contributed by atoms with E-state index in [1.54, 1.807) is 6.33 Å². The molecule has 0 atom stereocenters. The zero-order valence-corrected chi connectivity index (χ0v) is 8.78. The van der Waals surface area contributed by atoms with Crippen molar-refractivity contribution in [3.05, 3.63) is 35.5 Å². The summed E-state index contributed by atoms with van der Waals surface area (Å²) in [7, 11) is 0. The molecule has 0 spiro atoms. The van der Waals surface area contributed by atoms with Crippen LogP contribution in [0.2, 0.25) is 0 Å². The molecule has 0 fully saturated rings. The summed E-state index contributed by atoms with van der Waals surface area (Å²) in [4.78, 5) is 8.14. The second-order valence-electron chi connectivity index (χ2n) is 3.43. The SMILES string of the molecule is Cc1cc(NCc2[nH]ncc2C)ncn1. The average Bonchev–Trinajstić information content (AvgIpc) is 2.61. The Kier molecular flexibility index (Phi) is 2.62. The molecule has 5 nitrogen and oxygen atoms in total. The predicted molar refractivity (Wildman–Crippen MR) is 57.4 cm³/mol. The van der Waals surface area contributed by atoms with Gasteiger partial charge in [-0.2, -0.15) is 5.10 Å². The Morgan fingerprint density at radius 1 is 1.33 bits per heavy atom. The average molecular weight is 203 g/mol. The molecule has 0 amide bonds. The summed E-state index contributed by atoms with van der Waals surface area (Å²) < 4.78 is 0. The second kappa shape index (κ2) is 4.08. The van der Waals surface area contributed by atoms with Crippen LogP contribution in [0.25, 0.3) is 0 Å². The minimum atomic E-state index is 0.697. The van der Waals surface area contributed by atoms with Gasteiger partial charge in [-0.1, -0.05) is 0 Å². The van der Waals surface area contributed by atoms with Gasteiger partial charge in [0.1, 0.15) is 12.1 Å². The third kappa shape index (κ3) is 2.31. The Labute approximate surface area is 88.0 Å². The number of aryl methyl sites for hydroxylation is 2. The number of H-pyrrole nitrogens is 1. The van der Waals surface area contributed by atoms with Gasteiger partial charge in [-0.3, -0.25) is 5.10 Å². The molecule has 0 saturated heterocycles. The van der Waals surface area contributed by atoms with Crippen molar-refractivity contribution in [2.75, 3.05) is 5.32 Å². The van der Waals surface area contributed by atoms with Crippen molar-refractivity contribution in [3.63, 3.8) is 0 Å². The van der Waals surface area contributed by atoms with Gasteiger partial charge in [0, 0.05) is 11.8 Å². The Morgan fingerprint density at radius 2 is 2.20 bits per heavy atom.